The highest BCUT2D eigenvalue weighted by atomic mass is 79.9. The molecule has 1 aromatic carbocycles. The Hall–Kier alpha value is -1.37. The van der Waals surface area contributed by atoms with Crippen LogP contribution in [0, 0.1) is 0 Å². The first-order valence-electron chi connectivity index (χ1n) is 5.07. The minimum atomic E-state index is -1.05. The van der Waals surface area contributed by atoms with Crippen molar-refractivity contribution in [1.82, 2.24) is 0 Å². The molecule has 0 aliphatic carbocycles. The van der Waals surface area contributed by atoms with E-state index < -0.39 is 11.9 Å². The summed E-state index contributed by atoms with van der Waals surface area (Å²) in [5.41, 5.74) is 0.464. The number of carboxylic acid groups (broad SMARTS) is 1. The molecular formula is C12H7BrClNO3S. The van der Waals surface area contributed by atoms with Gasteiger partial charge in [-0.3, -0.25) is 4.79 Å². The first-order chi connectivity index (χ1) is 8.97. The molecule has 0 aliphatic rings. The summed E-state index contributed by atoms with van der Waals surface area (Å²) in [7, 11) is 0. The van der Waals surface area contributed by atoms with Crippen molar-refractivity contribution in [2.45, 2.75) is 0 Å². The van der Waals surface area contributed by atoms with Crippen molar-refractivity contribution in [1.29, 1.82) is 0 Å². The quantitative estimate of drug-likeness (QED) is 0.865. The lowest BCUT2D eigenvalue weighted by Crippen LogP contribution is -2.10. The van der Waals surface area contributed by atoms with Gasteiger partial charge in [0, 0.05) is 4.47 Å². The fourth-order valence-corrected chi connectivity index (χ4v) is 2.62. The van der Waals surface area contributed by atoms with Crippen molar-refractivity contribution in [2.24, 2.45) is 0 Å². The number of nitrogens with one attached hydrogen (secondary N) is 1. The van der Waals surface area contributed by atoms with Crippen LogP contribution in [0.25, 0.3) is 0 Å². The zero-order valence-corrected chi connectivity index (χ0v) is 12.5. The van der Waals surface area contributed by atoms with E-state index in [2.05, 4.69) is 21.2 Å². The fraction of sp³-hybridized carbons (Fsp3) is 0. The van der Waals surface area contributed by atoms with Gasteiger partial charge in [0.1, 0.15) is 4.88 Å². The molecule has 7 heteroatoms. The van der Waals surface area contributed by atoms with Gasteiger partial charge < -0.3 is 10.4 Å². The molecule has 2 aromatic rings. The summed E-state index contributed by atoms with van der Waals surface area (Å²) in [6, 6.07) is 7.94. The zero-order valence-electron chi connectivity index (χ0n) is 9.31. The number of carboxylic acids is 1. The smallest absolute Gasteiger partial charge is 0.345 e. The maximum absolute atomic E-state index is 11.9. The van der Waals surface area contributed by atoms with E-state index in [4.69, 9.17) is 16.7 Å². The number of rotatable bonds is 3. The summed E-state index contributed by atoms with van der Waals surface area (Å²) in [6.45, 7) is 0. The summed E-state index contributed by atoms with van der Waals surface area (Å²) in [4.78, 5) is 23.1. The van der Waals surface area contributed by atoms with Gasteiger partial charge in [0.25, 0.3) is 5.91 Å². The predicted molar refractivity (Wildman–Crippen MR) is 78.4 cm³/mol. The van der Waals surface area contributed by atoms with Crippen molar-refractivity contribution >= 4 is 56.4 Å². The molecule has 4 nitrogen and oxygen atoms in total. The molecule has 0 aliphatic heterocycles. The maximum atomic E-state index is 11.9. The first-order valence-corrected chi connectivity index (χ1v) is 7.05. The molecular weight excluding hydrogens is 354 g/mol. The number of thiophene rings is 1. The second kappa shape index (κ2) is 5.73. The van der Waals surface area contributed by atoms with Crippen molar-refractivity contribution < 1.29 is 14.7 Å². The maximum Gasteiger partial charge on any atom is 0.345 e. The Labute approximate surface area is 126 Å². The van der Waals surface area contributed by atoms with Crippen LogP contribution in [0.5, 0.6) is 0 Å². The average molecular weight is 361 g/mol. The third-order valence-corrected chi connectivity index (χ3v) is 4.11. The third-order valence-electron chi connectivity index (χ3n) is 2.22. The summed E-state index contributed by atoms with van der Waals surface area (Å²) < 4.78 is 0.782. The van der Waals surface area contributed by atoms with E-state index >= 15 is 0 Å². The van der Waals surface area contributed by atoms with Crippen molar-refractivity contribution in [2.75, 3.05) is 5.32 Å². The Morgan fingerprint density at radius 2 is 1.89 bits per heavy atom. The number of halogens is 2. The highest BCUT2D eigenvalue weighted by molar-refractivity contribution is 9.10. The standard InChI is InChI=1S/C12H7BrClNO3S/c13-6-1-2-7(14)8(5-6)15-11(16)9-3-4-10(19-9)12(17)18/h1-5H,(H,15,16)(H,17,18). The van der Waals surface area contributed by atoms with Crippen LogP contribution >= 0.6 is 38.9 Å². The zero-order chi connectivity index (χ0) is 14.0. The van der Waals surface area contributed by atoms with E-state index in [1.54, 1.807) is 18.2 Å². The van der Waals surface area contributed by atoms with Gasteiger partial charge in [0.05, 0.1) is 15.6 Å². The van der Waals surface area contributed by atoms with E-state index in [0.717, 1.165) is 15.8 Å². The van der Waals surface area contributed by atoms with Gasteiger partial charge in [-0.2, -0.15) is 0 Å². The molecule has 2 N–H and O–H groups in total. The predicted octanol–water partition coefficient (Wildman–Crippen LogP) is 4.11. The van der Waals surface area contributed by atoms with Crippen molar-refractivity contribution in [3.63, 3.8) is 0 Å². The molecule has 0 saturated heterocycles. The SMILES string of the molecule is O=C(O)c1ccc(C(=O)Nc2cc(Br)ccc2Cl)s1. The summed E-state index contributed by atoms with van der Waals surface area (Å²) in [5.74, 6) is -1.44. The number of aromatic carboxylic acids is 1. The molecule has 0 unspecified atom stereocenters. The van der Waals surface area contributed by atoms with Crippen LogP contribution in [0.3, 0.4) is 0 Å². The largest absolute Gasteiger partial charge is 0.477 e. The number of carbonyl (C=O) groups excluding carboxylic acids is 1. The lowest BCUT2D eigenvalue weighted by molar-refractivity contribution is 0.0702. The van der Waals surface area contributed by atoms with E-state index in [0.29, 0.717) is 15.6 Å². The van der Waals surface area contributed by atoms with Crippen molar-refractivity contribution in [3.8, 4) is 0 Å². The minimum absolute atomic E-state index is 0.116. The third kappa shape index (κ3) is 3.34. The van der Waals surface area contributed by atoms with Gasteiger partial charge >= 0.3 is 5.97 Å². The summed E-state index contributed by atoms with van der Waals surface area (Å²) in [6.07, 6.45) is 0. The monoisotopic (exact) mass is 359 g/mol. The number of hydrogen-bond donors (Lipinski definition) is 2. The molecule has 0 atom stereocenters. The van der Waals surface area contributed by atoms with Gasteiger partial charge in [-0.1, -0.05) is 27.5 Å². The first kappa shape index (κ1) is 14.0. The number of hydrogen-bond acceptors (Lipinski definition) is 3. The highest BCUT2D eigenvalue weighted by Gasteiger charge is 2.14. The normalized spacial score (nSPS) is 10.2. The Balaban J connectivity index is 2.20. The Morgan fingerprint density at radius 1 is 1.21 bits per heavy atom. The topological polar surface area (TPSA) is 66.4 Å². The van der Waals surface area contributed by atoms with Crippen LogP contribution in [0.2, 0.25) is 5.02 Å². The molecule has 98 valence electrons. The van der Waals surface area contributed by atoms with Gasteiger partial charge in [-0.25, -0.2) is 4.79 Å². The molecule has 2 rings (SSSR count). The molecule has 0 saturated carbocycles. The van der Waals surface area contributed by atoms with Crippen LogP contribution in [-0.2, 0) is 0 Å². The van der Waals surface area contributed by atoms with Gasteiger partial charge in [0.15, 0.2) is 0 Å². The van der Waals surface area contributed by atoms with Gasteiger partial charge in [-0.05, 0) is 30.3 Å². The Morgan fingerprint density at radius 3 is 2.53 bits per heavy atom. The minimum Gasteiger partial charge on any atom is -0.477 e. The van der Waals surface area contributed by atoms with E-state index in [9.17, 15) is 9.59 Å². The molecule has 0 fully saturated rings. The van der Waals surface area contributed by atoms with Gasteiger partial charge in [-0.15, -0.1) is 11.3 Å². The summed E-state index contributed by atoms with van der Waals surface area (Å²) >= 11 is 10.1. The van der Waals surface area contributed by atoms with Gasteiger partial charge in [0.2, 0.25) is 0 Å². The van der Waals surface area contributed by atoms with E-state index in [1.807, 2.05) is 0 Å². The van der Waals surface area contributed by atoms with Crippen LogP contribution < -0.4 is 5.32 Å². The lowest BCUT2D eigenvalue weighted by Gasteiger charge is -2.06. The van der Waals surface area contributed by atoms with Crippen LogP contribution in [-0.4, -0.2) is 17.0 Å². The molecule has 1 aromatic heterocycles. The van der Waals surface area contributed by atoms with E-state index in [1.165, 1.54) is 12.1 Å². The van der Waals surface area contributed by atoms with Crippen LogP contribution in [0.1, 0.15) is 19.3 Å². The summed E-state index contributed by atoms with van der Waals surface area (Å²) in [5, 5.41) is 11.8. The number of carbonyl (C=O) groups is 2. The molecule has 0 bridgehead atoms. The van der Waals surface area contributed by atoms with Crippen molar-refractivity contribution in [3.05, 3.63) is 49.6 Å². The molecule has 1 amide bonds. The molecule has 1 heterocycles. The van der Waals surface area contributed by atoms with Crippen LogP contribution in [0.4, 0.5) is 5.69 Å². The molecule has 0 spiro atoms. The highest BCUT2D eigenvalue weighted by Crippen LogP contribution is 2.27. The number of amides is 1. The fourth-order valence-electron chi connectivity index (χ4n) is 1.35. The van der Waals surface area contributed by atoms with E-state index in [-0.39, 0.29) is 4.88 Å². The second-order valence-electron chi connectivity index (χ2n) is 3.55. The van der Waals surface area contributed by atoms with Crippen LogP contribution in [0.15, 0.2) is 34.8 Å². The second-order valence-corrected chi connectivity index (χ2v) is 5.95. The average Bonchev–Trinajstić information content (AvgIpc) is 2.83. The lowest BCUT2D eigenvalue weighted by atomic mass is 10.3. The molecule has 19 heavy (non-hydrogen) atoms. The molecule has 0 radical (unpaired) electrons. The Kier molecular flexibility index (Phi) is 4.24. The number of anilines is 1. The Bertz CT molecular complexity index is 656. The number of benzene rings is 1.